The van der Waals surface area contributed by atoms with Crippen molar-refractivity contribution in [3.8, 4) is 0 Å². The Morgan fingerprint density at radius 2 is 1.90 bits per heavy atom. The first-order valence-corrected chi connectivity index (χ1v) is 6.85. The van der Waals surface area contributed by atoms with Gasteiger partial charge in [-0.05, 0) is 37.5 Å². The topological polar surface area (TPSA) is 37.3 Å². The standard InChI is InChI=1S/C17H17ClO2/c1-12-6-5-8-14(10-12)17(2,16(19)20)11-13-7-3-4-9-15(13)18/h3-10H,11H2,1-2H3,(H,19,20). The van der Waals surface area contributed by atoms with Crippen LogP contribution in [0.15, 0.2) is 48.5 Å². The van der Waals surface area contributed by atoms with Gasteiger partial charge in [0.25, 0.3) is 0 Å². The Balaban J connectivity index is 2.46. The van der Waals surface area contributed by atoms with Crippen molar-refractivity contribution in [3.63, 3.8) is 0 Å². The fraction of sp³-hybridized carbons (Fsp3) is 0.235. The van der Waals surface area contributed by atoms with Crippen LogP contribution in [0.1, 0.15) is 23.6 Å². The summed E-state index contributed by atoms with van der Waals surface area (Å²) in [5.41, 5.74) is 1.71. The monoisotopic (exact) mass is 288 g/mol. The lowest BCUT2D eigenvalue weighted by atomic mass is 9.77. The van der Waals surface area contributed by atoms with Crippen molar-refractivity contribution in [1.82, 2.24) is 0 Å². The maximum absolute atomic E-state index is 11.8. The molecule has 2 nitrogen and oxygen atoms in total. The van der Waals surface area contributed by atoms with Crippen LogP contribution in [-0.2, 0) is 16.6 Å². The van der Waals surface area contributed by atoms with E-state index < -0.39 is 11.4 Å². The Labute approximate surface area is 124 Å². The molecule has 2 rings (SSSR count). The minimum atomic E-state index is -0.989. The third kappa shape index (κ3) is 2.86. The van der Waals surface area contributed by atoms with Crippen LogP contribution in [0.4, 0.5) is 0 Å². The van der Waals surface area contributed by atoms with Crippen LogP contribution < -0.4 is 0 Å². The van der Waals surface area contributed by atoms with Gasteiger partial charge in [-0.15, -0.1) is 0 Å². The largest absolute Gasteiger partial charge is 0.481 e. The molecule has 0 aliphatic heterocycles. The predicted molar refractivity (Wildman–Crippen MR) is 81.3 cm³/mol. The number of carbonyl (C=O) groups is 1. The molecule has 1 N–H and O–H groups in total. The van der Waals surface area contributed by atoms with Crippen molar-refractivity contribution in [3.05, 3.63) is 70.2 Å². The van der Waals surface area contributed by atoms with Crippen LogP contribution in [0.2, 0.25) is 5.02 Å². The van der Waals surface area contributed by atoms with Gasteiger partial charge in [0.05, 0.1) is 5.41 Å². The molecule has 0 radical (unpaired) electrons. The molecule has 1 unspecified atom stereocenters. The van der Waals surface area contributed by atoms with Crippen molar-refractivity contribution >= 4 is 17.6 Å². The van der Waals surface area contributed by atoms with Crippen LogP contribution in [0.25, 0.3) is 0 Å². The van der Waals surface area contributed by atoms with Gasteiger partial charge in [0, 0.05) is 5.02 Å². The summed E-state index contributed by atoms with van der Waals surface area (Å²) in [6.45, 7) is 3.70. The summed E-state index contributed by atoms with van der Waals surface area (Å²) < 4.78 is 0. The first-order valence-electron chi connectivity index (χ1n) is 6.47. The summed E-state index contributed by atoms with van der Waals surface area (Å²) in [7, 11) is 0. The third-order valence-corrected chi connectivity index (χ3v) is 4.00. The lowest BCUT2D eigenvalue weighted by Gasteiger charge is -2.26. The lowest BCUT2D eigenvalue weighted by molar-refractivity contribution is -0.143. The number of carboxylic acid groups (broad SMARTS) is 1. The van der Waals surface area contributed by atoms with Gasteiger partial charge in [0.2, 0.25) is 0 Å². The molecule has 20 heavy (non-hydrogen) atoms. The minimum Gasteiger partial charge on any atom is -0.481 e. The van der Waals surface area contributed by atoms with E-state index in [1.807, 2.05) is 49.4 Å². The molecule has 2 aromatic carbocycles. The molecule has 0 heterocycles. The average molecular weight is 289 g/mol. The molecular weight excluding hydrogens is 272 g/mol. The van der Waals surface area contributed by atoms with E-state index in [1.165, 1.54) is 0 Å². The predicted octanol–water partition coefficient (Wildman–Crippen LogP) is 4.23. The first kappa shape index (κ1) is 14.6. The number of carboxylic acids is 1. The molecule has 0 spiro atoms. The summed E-state index contributed by atoms with van der Waals surface area (Å²) in [5.74, 6) is -0.844. The maximum atomic E-state index is 11.8. The molecule has 2 aromatic rings. The van der Waals surface area contributed by atoms with Gasteiger partial charge in [-0.25, -0.2) is 0 Å². The second kappa shape index (κ2) is 5.68. The van der Waals surface area contributed by atoms with E-state index in [4.69, 9.17) is 11.6 Å². The van der Waals surface area contributed by atoms with Gasteiger partial charge in [-0.2, -0.15) is 0 Å². The van der Waals surface area contributed by atoms with Crippen molar-refractivity contribution in [1.29, 1.82) is 0 Å². The highest BCUT2D eigenvalue weighted by molar-refractivity contribution is 6.31. The highest BCUT2D eigenvalue weighted by Gasteiger charge is 2.35. The smallest absolute Gasteiger partial charge is 0.314 e. The van der Waals surface area contributed by atoms with E-state index in [0.29, 0.717) is 11.4 Å². The van der Waals surface area contributed by atoms with Crippen molar-refractivity contribution in [2.75, 3.05) is 0 Å². The van der Waals surface area contributed by atoms with E-state index in [9.17, 15) is 9.90 Å². The van der Waals surface area contributed by atoms with Crippen LogP contribution in [0.5, 0.6) is 0 Å². The van der Waals surface area contributed by atoms with E-state index in [0.717, 1.165) is 16.7 Å². The zero-order chi connectivity index (χ0) is 14.8. The summed E-state index contributed by atoms with van der Waals surface area (Å²) in [6.07, 6.45) is 0.367. The van der Waals surface area contributed by atoms with Crippen molar-refractivity contribution in [2.45, 2.75) is 25.7 Å². The quantitative estimate of drug-likeness (QED) is 0.914. The molecule has 0 aliphatic carbocycles. The Kier molecular flexibility index (Phi) is 4.15. The Bertz CT molecular complexity index is 636. The van der Waals surface area contributed by atoms with Crippen molar-refractivity contribution < 1.29 is 9.90 Å². The summed E-state index contributed by atoms with van der Waals surface area (Å²) in [5, 5.41) is 10.3. The Morgan fingerprint density at radius 3 is 2.50 bits per heavy atom. The maximum Gasteiger partial charge on any atom is 0.314 e. The molecule has 0 bridgehead atoms. The second-order valence-electron chi connectivity index (χ2n) is 5.27. The molecular formula is C17H17ClO2. The molecule has 3 heteroatoms. The fourth-order valence-electron chi connectivity index (χ4n) is 2.31. The molecule has 104 valence electrons. The molecule has 0 saturated heterocycles. The molecule has 0 fully saturated rings. The highest BCUT2D eigenvalue weighted by Crippen LogP contribution is 2.31. The van der Waals surface area contributed by atoms with E-state index in [2.05, 4.69) is 0 Å². The van der Waals surface area contributed by atoms with Crippen LogP contribution in [0.3, 0.4) is 0 Å². The molecule has 0 aliphatic rings. The molecule has 1 atom stereocenters. The van der Waals surface area contributed by atoms with Gasteiger partial charge in [-0.1, -0.05) is 59.6 Å². The Morgan fingerprint density at radius 1 is 1.20 bits per heavy atom. The fourth-order valence-corrected chi connectivity index (χ4v) is 2.51. The zero-order valence-corrected chi connectivity index (χ0v) is 12.3. The summed E-state index contributed by atoms with van der Waals surface area (Å²) >= 11 is 6.16. The van der Waals surface area contributed by atoms with Gasteiger partial charge >= 0.3 is 5.97 Å². The van der Waals surface area contributed by atoms with Gasteiger partial charge < -0.3 is 5.11 Å². The molecule has 0 amide bonds. The van der Waals surface area contributed by atoms with Crippen LogP contribution in [-0.4, -0.2) is 11.1 Å². The number of benzene rings is 2. The number of halogens is 1. The number of hydrogen-bond acceptors (Lipinski definition) is 1. The third-order valence-electron chi connectivity index (χ3n) is 3.63. The van der Waals surface area contributed by atoms with E-state index in [1.54, 1.807) is 13.0 Å². The average Bonchev–Trinajstić information content (AvgIpc) is 2.41. The van der Waals surface area contributed by atoms with Crippen LogP contribution in [0, 0.1) is 6.92 Å². The van der Waals surface area contributed by atoms with Crippen molar-refractivity contribution in [2.24, 2.45) is 0 Å². The second-order valence-corrected chi connectivity index (χ2v) is 5.68. The first-order chi connectivity index (χ1) is 9.43. The summed E-state index contributed by atoms with van der Waals surface area (Å²) in [6, 6.07) is 15.0. The van der Waals surface area contributed by atoms with Crippen LogP contribution >= 0.6 is 11.6 Å². The van der Waals surface area contributed by atoms with E-state index >= 15 is 0 Å². The number of rotatable bonds is 4. The normalized spacial score (nSPS) is 13.8. The molecule has 0 aromatic heterocycles. The number of aliphatic carboxylic acids is 1. The summed E-state index contributed by atoms with van der Waals surface area (Å²) in [4.78, 5) is 11.8. The number of hydrogen-bond donors (Lipinski definition) is 1. The van der Waals surface area contributed by atoms with E-state index in [-0.39, 0.29) is 0 Å². The van der Waals surface area contributed by atoms with Gasteiger partial charge in [0.1, 0.15) is 0 Å². The SMILES string of the molecule is Cc1cccc(C(C)(Cc2ccccc2Cl)C(=O)O)c1. The lowest BCUT2D eigenvalue weighted by Crippen LogP contribution is -2.35. The zero-order valence-electron chi connectivity index (χ0n) is 11.6. The Hall–Kier alpha value is -1.80. The molecule has 0 saturated carbocycles. The number of aryl methyl sites for hydroxylation is 1. The van der Waals surface area contributed by atoms with Gasteiger partial charge in [0.15, 0.2) is 0 Å². The highest BCUT2D eigenvalue weighted by atomic mass is 35.5. The van der Waals surface area contributed by atoms with Gasteiger partial charge in [-0.3, -0.25) is 4.79 Å². The minimum absolute atomic E-state index is 0.367.